The van der Waals surface area contributed by atoms with Crippen molar-refractivity contribution in [1.82, 2.24) is 0 Å². The van der Waals surface area contributed by atoms with Crippen LogP contribution in [0, 0.1) is 5.41 Å². The number of nitrogens with two attached hydrogens (primary N) is 1. The molecule has 1 heterocycles. The van der Waals surface area contributed by atoms with Crippen LogP contribution in [0.4, 0.5) is 11.4 Å². The maximum Gasteiger partial charge on any atom is 0.232 e. The van der Waals surface area contributed by atoms with Gasteiger partial charge in [-0.1, -0.05) is 11.6 Å². The molecule has 128 valence electrons. The fraction of sp³-hybridized carbons (Fsp3) is 0.467. The second kappa shape index (κ2) is 8.49. The number of carbonyl (C=O) groups is 2. The average Bonchev–Trinajstić information content (AvgIpc) is 2.50. The van der Waals surface area contributed by atoms with Crippen LogP contribution in [0.25, 0.3) is 0 Å². The molecule has 1 aromatic rings. The first-order valence-electron chi connectivity index (χ1n) is 7.13. The summed E-state index contributed by atoms with van der Waals surface area (Å²) in [7, 11) is 0. The molecular weight excluding hydrogens is 341 g/mol. The molecule has 2 rings (SSSR count). The van der Waals surface area contributed by atoms with E-state index in [0.29, 0.717) is 42.5 Å². The van der Waals surface area contributed by atoms with Crippen molar-refractivity contribution in [2.24, 2.45) is 11.1 Å². The summed E-state index contributed by atoms with van der Waals surface area (Å²) in [5.74, 6) is -0.329. The van der Waals surface area contributed by atoms with Gasteiger partial charge in [0, 0.05) is 32.4 Å². The van der Waals surface area contributed by atoms with Crippen LogP contribution in [0.2, 0.25) is 5.02 Å². The topological polar surface area (TPSA) is 93.5 Å². The summed E-state index contributed by atoms with van der Waals surface area (Å²) < 4.78 is 5.30. The molecule has 0 atom stereocenters. The molecule has 1 aromatic carbocycles. The largest absolute Gasteiger partial charge is 0.381 e. The highest BCUT2D eigenvalue weighted by Gasteiger charge is 2.38. The highest BCUT2D eigenvalue weighted by Crippen LogP contribution is 2.32. The molecule has 1 saturated heterocycles. The van der Waals surface area contributed by atoms with Gasteiger partial charge in [0.2, 0.25) is 11.8 Å². The molecule has 1 fully saturated rings. The van der Waals surface area contributed by atoms with Gasteiger partial charge in [-0.05, 0) is 31.0 Å². The van der Waals surface area contributed by atoms with Crippen molar-refractivity contribution in [3.63, 3.8) is 0 Å². The predicted molar refractivity (Wildman–Crippen MR) is 93.2 cm³/mol. The Morgan fingerprint density at radius 1 is 1.30 bits per heavy atom. The number of hydrogen-bond donors (Lipinski definition) is 3. The van der Waals surface area contributed by atoms with Gasteiger partial charge < -0.3 is 21.1 Å². The zero-order valence-electron chi connectivity index (χ0n) is 12.9. The number of nitrogens with one attached hydrogen (secondary N) is 2. The van der Waals surface area contributed by atoms with E-state index >= 15 is 0 Å². The lowest BCUT2D eigenvalue weighted by molar-refractivity contribution is -0.130. The summed E-state index contributed by atoms with van der Waals surface area (Å²) in [6, 6.07) is 4.95. The van der Waals surface area contributed by atoms with E-state index in [-0.39, 0.29) is 30.8 Å². The van der Waals surface area contributed by atoms with E-state index in [9.17, 15) is 9.59 Å². The maximum atomic E-state index is 12.5. The maximum absolute atomic E-state index is 12.5. The average molecular weight is 362 g/mol. The van der Waals surface area contributed by atoms with Gasteiger partial charge in [0.15, 0.2) is 0 Å². The normalized spacial score (nSPS) is 16.1. The SMILES string of the molecule is CC(=O)Nc1ccc(NC(=O)C2(CN)CCOCC2)cc1Cl.Cl. The zero-order valence-corrected chi connectivity index (χ0v) is 14.4. The van der Waals surface area contributed by atoms with Crippen molar-refractivity contribution in [3.05, 3.63) is 23.2 Å². The van der Waals surface area contributed by atoms with Crippen LogP contribution in [0.1, 0.15) is 19.8 Å². The molecule has 23 heavy (non-hydrogen) atoms. The number of hydrogen-bond acceptors (Lipinski definition) is 4. The minimum absolute atomic E-state index is 0. The molecule has 0 radical (unpaired) electrons. The Kier molecular flexibility index (Phi) is 7.28. The van der Waals surface area contributed by atoms with Gasteiger partial charge in [0.1, 0.15) is 0 Å². The number of carbonyl (C=O) groups excluding carboxylic acids is 2. The third kappa shape index (κ3) is 4.81. The molecule has 6 nitrogen and oxygen atoms in total. The quantitative estimate of drug-likeness (QED) is 0.767. The number of rotatable bonds is 4. The van der Waals surface area contributed by atoms with Crippen molar-refractivity contribution < 1.29 is 14.3 Å². The number of amides is 2. The Morgan fingerprint density at radius 3 is 2.48 bits per heavy atom. The zero-order chi connectivity index (χ0) is 16.2. The van der Waals surface area contributed by atoms with Crippen LogP contribution in [-0.4, -0.2) is 31.6 Å². The molecule has 1 aliphatic rings. The molecule has 4 N–H and O–H groups in total. The summed E-state index contributed by atoms with van der Waals surface area (Å²) in [6.07, 6.45) is 1.21. The summed E-state index contributed by atoms with van der Waals surface area (Å²) in [6.45, 7) is 2.75. The van der Waals surface area contributed by atoms with Gasteiger partial charge in [-0.3, -0.25) is 9.59 Å². The van der Waals surface area contributed by atoms with Gasteiger partial charge in [-0.15, -0.1) is 12.4 Å². The first-order chi connectivity index (χ1) is 10.5. The minimum atomic E-state index is -0.596. The van der Waals surface area contributed by atoms with Crippen LogP contribution in [0.15, 0.2) is 18.2 Å². The predicted octanol–water partition coefficient (Wildman–Crippen LogP) is 2.41. The monoisotopic (exact) mass is 361 g/mol. The van der Waals surface area contributed by atoms with Crippen molar-refractivity contribution in [1.29, 1.82) is 0 Å². The molecule has 8 heteroatoms. The van der Waals surface area contributed by atoms with Crippen molar-refractivity contribution in [2.75, 3.05) is 30.4 Å². The highest BCUT2D eigenvalue weighted by atomic mass is 35.5. The van der Waals surface area contributed by atoms with E-state index < -0.39 is 5.41 Å². The second-order valence-corrected chi connectivity index (χ2v) is 5.83. The first kappa shape index (κ1) is 19.7. The summed E-state index contributed by atoms with van der Waals surface area (Å²) in [5, 5.41) is 5.83. The lowest BCUT2D eigenvalue weighted by atomic mass is 9.79. The molecule has 0 aliphatic carbocycles. The Labute approximate surface area is 146 Å². The third-order valence-electron chi connectivity index (χ3n) is 3.86. The fourth-order valence-electron chi connectivity index (χ4n) is 2.43. The van der Waals surface area contributed by atoms with Crippen LogP contribution in [-0.2, 0) is 14.3 Å². The molecule has 0 aromatic heterocycles. The minimum Gasteiger partial charge on any atom is -0.381 e. The Bertz CT molecular complexity index is 575. The van der Waals surface area contributed by atoms with Crippen molar-refractivity contribution in [3.8, 4) is 0 Å². The van der Waals surface area contributed by atoms with E-state index in [1.165, 1.54) is 6.92 Å². The van der Waals surface area contributed by atoms with Crippen LogP contribution >= 0.6 is 24.0 Å². The molecule has 0 spiro atoms. The summed E-state index contributed by atoms with van der Waals surface area (Å²) in [4.78, 5) is 23.6. The second-order valence-electron chi connectivity index (χ2n) is 5.43. The van der Waals surface area contributed by atoms with Crippen LogP contribution in [0.3, 0.4) is 0 Å². The van der Waals surface area contributed by atoms with Gasteiger partial charge >= 0.3 is 0 Å². The molecule has 2 amide bonds. The Balaban J connectivity index is 0.00000264. The van der Waals surface area contributed by atoms with E-state index in [0.717, 1.165) is 0 Å². The lowest BCUT2D eigenvalue weighted by Crippen LogP contribution is -2.46. The van der Waals surface area contributed by atoms with Gasteiger partial charge in [0.25, 0.3) is 0 Å². The van der Waals surface area contributed by atoms with E-state index in [4.69, 9.17) is 22.1 Å². The number of anilines is 2. The Hall–Kier alpha value is -1.34. The van der Waals surface area contributed by atoms with Gasteiger partial charge in [-0.25, -0.2) is 0 Å². The van der Waals surface area contributed by atoms with Gasteiger partial charge in [-0.2, -0.15) is 0 Å². The molecule has 0 saturated carbocycles. The first-order valence-corrected chi connectivity index (χ1v) is 7.51. The number of benzene rings is 1. The number of halogens is 2. The van der Waals surface area contributed by atoms with Crippen molar-refractivity contribution in [2.45, 2.75) is 19.8 Å². The van der Waals surface area contributed by atoms with Crippen LogP contribution in [0.5, 0.6) is 0 Å². The standard InChI is InChI=1S/C15H20ClN3O3.ClH/c1-10(20)18-13-3-2-11(8-12(13)16)19-14(21)15(9-17)4-6-22-7-5-15;/h2-3,8H,4-7,9,17H2,1H3,(H,18,20)(H,19,21);1H. The fourth-order valence-corrected chi connectivity index (χ4v) is 2.66. The smallest absolute Gasteiger partial charge is 0.232 e. The van der Waals surface area contributed by atoms with E-state index in [2.05, 4.69) is 10.6 Å². The summed E-state index contributed by atoms with van der Waals surface area (Å²) >= 11 is 6.10. The molecule has 1 aliphatic heterocycles. The third-order valence-corrected chi connectivity index (χ3v) is 4.17. The molecule has 0 bridgehead atoms. The molecule has 0 unspecified atom stereocenters. The number of ether oxygens (including phenoxy) is 1. The molecular formula is C15H21Cl2N3O3. The Morgan fingerprint density at radius 2 is 1.96 bits per heavy atom. The van der Waals surface area contributed by atoms with Crippen LogP contribution < -0.4 is 16.4 Å². The van der Waals surface area contributed by atoms with E-state index in [1.807, 2.05) is 0 Å². The van der Waals surface area contributed by atoms with Gasteiger partial charge in [0.05, 0.1) is 16.1 Å². The summed E-state index contributed by atoms with van der Waals surface area (Å²) in [5.41, 5.74) is 6.29. The lowest BCUT2D eigenvalue weighted by Gasteiger charge is -2.34. The highest BCUT2D eigenvalue weighted by molar-refractivity contribution is 6.34. The van der Waals surface area contributed by atoms with Crippen molar-refractivity contribution >= 4 is 47.2 Å². The van der Waals surface area contributed by atoms with E-state index in [1.54, 1.807) is 18.2 Å².